The first kappa shape index (κ1) is 77.7. The zero-order valence-electron chi connectivity index (χ0n) is 53.2. The molecule has 10 heteroatoms. The van der Waals surface area contributed by atoms with E-state index in [0.717, 1.165) is 128 Å². The van der Waals surface area contributed by atoms with Crippen molar-refractivity contribution in [3.63, 3.8) is 0 Å². The normalized spacial score (nSPS) is 14.3. The number of phosphoric ester groups is 1. The number of phosphoric acid groups is 1. The van der Waals surface area contributed by atoms with Crippen LogP contribution in [0, 0.1) is 0 Å². The van der Waals surface area contributed by atoms with Crippen molar-refractivity contribution in [2.24, 2.45) is 0 Å². The van der Waals surface area contributed by atoms with E-state index in [0.29, 0.717) is 17.4 Å². The highest BCUT2D eigenvalue weighted by atomic mass is 31.2. The first-order valence-electron chi connectivity index (χ1n) is 33.2. The van der Waals surface area contributed by atoms with Crippen molar-refractivity contribution in [2.45, 2.75) is 290 Å². The second-order valence-corrected chi connectivity index (χ2v) is 24.7. The van der Waals surface area contributed by atoms with Gasteiger partial charge in [0.15, 0.2) is 0 Å². The van der Waals surface area contributed by atoms with E-state index in [-0.39, 0.29) is 31.5 Å². The lowest BCUT2D eigenvalue weighted by molar-refractivity contribution is -0.870. The molecular weight excluding hydrogens is 1020 g/mol. The van der Waals surface area contributed by atoms with Crippen LogP contribution in [0.3, 0.4) is 0 Å². The number of esters is 1. The van der Waals surface area contributed by atoms with Gasteiger partial charge >= 0.3 is 13.8 Å². The molecule has 1 amide bonds. The van der Waals surface area contributed by atoms with Crippen LogP contribution in [0.15, 0.2) is 109 Å². The highest BCUT2D eigenvalue weighted by Crippen LogP contribution is 2.43. The Morgan fingerprint density at radius 2 is 0.790 bits per heavy atom. The maximum atomic E-state index is 13.6. The lowest BCUT2D eigenvalue weighted by Crippen LogP contribution is -2.47. The van der Waals surface area contributed by atoms with Crippen molar-refractivity contribution in [3.8, 4) is 0 Å². The third-order valence-electron chi connectivity index (χ3n) is 14.2. The molecule has 0 spiro atoms. The van der Waals surface area contributed by atoms with Gasteiger partial charge in [0, 0.05) is 12.8 Å². The summed E-state index contributed by atoms with van der Waals surface area (Å²) in [6, 6.07) is -0.868. The quantitative estimate of drug-likeness (QED) is 0.0205. The minimum absolute atomic E-state index is 0.0303. The number of carbonyl (C=O) groups excluding carboxylic acids is 2. The molecule has 0 aliphatic rings. The molecule has 0 bridgehead atoms. The average molecular weight is 1150 g/mol. The topological polar surface area (TPSA) is 111 Å². The van der Waals surface area contributed by atoms with E-state index in [2.05, 4.69) is 123 Å². The zero-order chi connectivity index (χ0) is 59.3. The Labute approximate surface area is 500 Å². The monoisotopic (exact) mass is 1150 g/mol. The van der Waals surface area contributed by atoms with Gasteiger partial charge in [0.05, 0.1) is 33.8 Å². The largest absolute Gasteiger partial charge is 0.472 e. The number of unbranched alkanes of at least 4 members (excludes halogenated alkanes) is 27. The molecule has 3 atom stereocenters. The maximum absolute atomic E-state index is 13.6. The number of nitrogens with one attached hydrogen (secondary N) is 1. The van der Waals surface area contributed by atoms with Crippen LogP contribution in [0.5, 0.6) is 0 Å². The van der Waals surface area contributed by atoms with Gasteiger partial charge < -0.3 is 19.4 Å². The predicted octanol–water partition coefficient (Wildman–Crippen LogP) is 20.9. The van der Waals surface area contributed by atoms with Gasteiger partial charge in [0.2, 0.25) is 5.91 Å². The Bertz CT molecular complexity index is 1750. The summed E-state index contributed by atoms with van der Waals surface area (Å²) in [6.07, 6.45) is 82.2. The van der Waals surface area contributed by atoms with Crippen molar-refractivity contribution in [3.05, 3.63) is 109 Å². The van der Waals surface area contributed by atoms with Gasteiger partial charge in [-0.25, -0.2) is 4.57 Å². The Balaban J connectivity index is 5.26. The van der Waals surface area contributed by atoms with Gasteiger partial charge in [0.25, 0.3) is 0 Å². The van der Waals surface area contributed by atoms with Crippen molar-refractivity contribution in [1.29, 1.82) is 0 Å². The van der Waals surface area contributed by atoms with Crippen LogP contribution in [-0.4, -0.2) is 74.3 Å². The molecule has 3 unspecified atom stereocenters. The molecule has 0 rings (SSSR count). The summed E-state index contributed by atoms with van der Waals surface area (Å²) in [6.45, 7) is 6.86. The third kappa shape index (κ3) is 61.1. The highest BCUT2D eigenvalue weighted by molar-refractivity contribution is 7.47. The minimum atomic E-state index is -4.47. The van der Waals surface area contributed by atoms with Crippen molar-refractivity contribution in [2.75, 3.05) is 40.9 Å². The van der Waals surface area contributed by atoms with Crippen molar-refractivity contribution >= 4 is 19.7 Å². The molecule has 0 fully saturated rings. The first-order chi connectivity index (χ1) is 39.4. The second-order valence-electron chi connectivity index (χ2n) is 23.3. The minimum Gasteiger partial charge on any atom is -0.456 e. The van der Waals surface area contributed by atoms with E-state index in [1.165, 1.54) is 116 Å². The number of allylic oxidation sites excluding steroid dienone is 17. The smallest absolute Gasteiger partial charge is 0.456 e. The lowest BCUT2D eigenvalue weighted by Gasteiger charge is -2.27. The van der Waals surface area contributed by atoms with Gasteiger partial charge in [-0.3, -0.25) is 18.6 Å². The Kier molecular flexibility index (Phi) is 57.4. The van der Waals surface area contributed by atoms with Gasteiger partial charge in [-0.2, -0.15) is 0 Å². The standard InChI is InChI=1S/C71H125N2O7P/c1-7-10-13-16-19-22-25-28-30-32-34-35-36-37-39-40-42-45-48-51-54-57-60-63-70(74)72-68(67-79-81(76,77)78-66-65-73(4,5)6)69(62-59-56-53-50-47-44-27-24-21-18-15-12-9-3)80-71(75)64-61-58-55-52-49-46-43-41-38-33-31-29-26-23-20-17-14-11-8-2/h10,13,19-20,22-23,28-31,34-35,37-39,41,59,62,68-69H,7-9,11-12,14-18,21,24-27,32-33,36,40,42-58,60-61,63-67H2,1-6H3,(H-,72,74,76,77)/p+1/b13-10-,22-19-,23-20-,30-28-,31-29-,35-34-,39-37-,41-38-,62-59-. The number of carbonyl (C=O) groups is 2. The van der Waals surface area contributed by atoms with Crippen molar-refractivity contribution < 1.29 is 37.3 Å². The fourth-order valence-electron chi connectivity index (χ4n) is 9.09. The molecule has 0 aliphatic heterocycles. The van der Waals surface area contributed by atoms with E-state index in [1.807, 2.05) is 33.3 Å². The number of amides is 1. The van der Waals surface area contributed by atoms with Gasteiger partial charge in [-0.05, 0) is 115 Å². The van der Waals surface area contributed by atoms with Crippen molar-refractivity contribution in [1.82, 2.24) is 5.32 Å². The number of quaternary nitrogens is 1. The van der Waals surface area contributed by atoms with E-state index in [9.17, 15) is 19.0 Å². The number of ether oxygens (including phenoxy) is 1. The van der Waals surface area contributed by atoms with Crippen LogP contribution in [0.1, 0.15) is 278 Å². The number of hydrogen-bond acceptors (Lipinski definition) is 6. The molecule has 2 N–H and O–H groups in total. The summed E-state index contributed by atoms with van der Waals surface area (Å²) >= 11 is 0. The predicted molar refractivity (Wildman–Crippen MR) is 350 cm³/mol. The van der Waals surface area contributed by atoms with Crippen LogP contribution in [0.4, 0.5) is 0 Å². The molecule has 466 valence electrons. The van der Waals surface area contributed by atoms with Gasteiger partial charge in [-0.1, -0.05) is 259 Å². The number of rotatable bonds is 59. The van der Waals surface area contributed by atoms with Crippen LogP contribution in [-0.2, 0) is 27.9 Å². The van der Waals surface area contributed by atoms with Gasteiger partial charge in [0.1, 0.15) is 19.3 Å². The molecule has 0 saturated heterocycles. The Morgan fingerprint density at radius 1 is 0.444 bits per heavy atom. The van der Waals surface area contributed by atoms with E-state index in [4.69, 9.17) is 13.8 Å². The average Bonchev–Trinajstić information content (AvgIpc) is 3.44. The third-order valence-corrected chi connectivity index (χ3v) is 15.2. The molecule has 0 aromatic carbocycles. The van der Waals surface area contributed by atoms with Crippen LogP contribution < -0.4 is 5.32 Å². The molecule has 0 heterocycles. The fourth-order valence-corrected chi connectivity index (χ4v) is 9.83. The molecule has 0 radical (unpaired) electrons. The van der Waals surface area contributed by atoms with Crippen LogP contribution in [0.2, 0.25) is 0 Å². The molecule has 9 nitrogen and oxygen atoms in total. The molecule has 0 aromatic rings. The highest BCUT2D eigenvalue weighted by Gasteiger charge is 2.30. The summed E-state index contributed by atoms with van der Waals surface area (Å²) in [5, 5.41) is 3.06. The first-order valence-corrected chi connectivity index (χ1v) is 34.7. The Morgan fingerprint density at radius 3 is 1.21 bits per heavy atom. The molecule has 0 aromatic heterocycles. The van der Waals surface area contributed by atoms with E-state index < -0.39 is 20.0 Å². The molecular formula is C71H126N2O7P+. The molecule has 0 saturated carbocycles. The number of hydrogen-bond donors (Lipinski definition) is 2. The van der Waals surface area contributed by atoms with Gasteiger partial charge in [-0.15, -0.1) is 0 Å². The second kappa shape index (κ2) is 59.8. The van der Waals surface area contributed by atoms with Crippen LogP contribution >= 0.6 is 7.82 Å². The number of likely N-dealkylation sites (N-methyl/N-ethyl adjacent to an activating group) is 1. The zero-order valence-corrected chi connectivity index (χ0v) is 54.1. The van der Waals surface area contributed by atoms with E-state index >= 15 is 0 Å². The summed E-state index contributed by atoms with van der Waals surface area (Å²) in [7, 11) is 1.47. The lowest BCUT2D eigenvalue weighted by atomic mass is 10.0. The van der Waals surface area contributed by atoms with E-state index in [1.54, 1.807) is 0 Å². The maximum Gasteiger partial charge on any atom is 0.472 e. The number of nitrogens with zero attached hydrogens (tertiary/aromatic N) is 1. The SMILES string of the molecule is CC/C=C\C/C=C\C/C=C\C/C=C\C/C=C\CCCCCCCCCC(=O)NC(COP(=O)(O)OCC[N+](C)(C)C)C(/C=C\CCCCCCCCCCCCC)OC(=O)CCCCCCCC/C=C\C/C=C\C/C=C\CCCCC. The fraction of sp³-hybridized carbons (Fsp3) is 0.718. The molecule has 81 heavy (non-hydrogen) atoms. The Hall–Kier alpha value is -3.33. The van der Waals surface area contributed by atoms with Crippen LogP contribution in [0.25, 0.3) is 0 Å². The summed E-state index contributed by atoms with van der Waals surface area (Å²) in [4.78, 5) is 37.8. The summed E-state index contributed by atoms with van der Waals surface area (Å²) in [5.41, 5.74) is 0. The summed E-state index contributed by atoms with van der Waals surface area (Å²) in [5.74, 6) is -0.534. The molecule has 0 aliphatic carbocycles. The summed E-state index contributed by atoms with van der Waals surface area (Å²) < 4.78 is 30.8.